The Kier molecular flexibility index (Phi) is 4.87. The minimum Gasteiger partial charge on any atom is -0.376 e. The molecule has 1 aliphatic carbocycles. The summed E-state index contributed by atoms with van der Waals surface area (Å²) in [5.41, 5.74) is 2.90. The van der Waals surface area contributed by atoms with Gasteiger partial charge in [-0.05, 0) is 37.5 Å². The van der Waals surface area contributed by atoms with Crippen molar-refractivity contribution in [3.63, 3.8) is 0 Å². The first-order valence-corrected chi connectivity index (χ1v) is 9.15. The van der Waals surface area contributed by atoms with Crippen molar-refractivity contribution in [2.45, 2.75) is 56.4 Å². The quantitative estimate of drug-likeness (QED) is 0.592. The lowest BCUT2D eigenvalue weighted by Crippen LogP contribution is -2.52. The molecular weight excluding hydrogens is 264 g/mol. The van der Waals surface area contributed by atoms with E-state index in [1.54, 1.807) is 0 Å². The molecule has 1 heterocycles. The van der Waals surface area contributed by atoms with Crippen molar-refractivity contribution in [3.8, 4) is 0 Å². The molecule has 0 amide bonds. The maximum absolute atomic E-state index is 11.7. The highest BCUT2D eigenvalue weighted by Crippen LogP contribution is 2.35. The van der Waals surface area contributed by atoms with Gasteiger partial charge >= 0.3 is 0 Å². The summed E-state index contributed by atoms with van der Waals surface area (Å²) >= 11 is 0. The molecule has 5 unspecified atom stereocenters. The second kappa shape index (κ2) is 6.08. The fraction of sp³-hybridized carbons (Fsp3) is 1.00. The summed E-state index contributed by atoms with van der Waals surface area (Å²) in [5, 5.41) is -0.209. The van der Waals surface area contributed by atoms with Gasteiger partial charge in [0, 0.05) is 12.9 Å². The molecule has 0 aromatic rings. The van der Waals surface area contributed by atoms with E-state index >= 15 is 0 Å². The van der Waals surface area contributed by atoms with Gasteiger partial charge < -0.3 is 4.74 Å². The van der Waals surface area contributed by atoms with Gasteiger partial charge in [-0.3, -0.25) is 11.3 Å². The van der Waals surface area contributed by atoms with E-state index in [1.165, 1.54) is 6.26 Å². The third kappa shape index (κ3) is 3.48. The van der Waals surface area contributed by atoms with Crippen LogP contribution in [0.15, 0.2) is 0 Å². The van der Waals surface area contributed by atoms with Gasteiger partial charge in [-0.1, -0.05) is 13.3 Å². The number of hydrogen-bond donors (Lipinski definition) is 2. The third-order valence-electron chi connectivity index (χ3n) is 4.77. The molecule has 0 radical (unpaired) electrons. The molecule has 1 saturated heterocycles. The molecule has 3 N–H and O–H groups in total. The molecule has 5 nitrogen and oxygen atoms in total. The Hall–Kier alpha value is -0.170. The average molecular weight is 290 g/mol. The number of nitrogens with one attached hydrogen (secondary N) is 1. The third-order valence-corrected chi connectivity index (χ3v) is 6.41. The van der Waals surface area contributed by atoms with E-state index in [-0.39, 0.29) is 17.4 Å². The summed E-state index contributed by atoms with van der Waals surface area (Å²) < 4.78 is 29.3. The van der Waals surface area contributed by atoms with Crippen LogP contribution in [0, 0.1) is 11.8 Å². The number of hydrazine groups is 1. The van der Waals surface area contributed by atoms with Crippen LogP contribution in [-0.2, 0) is 14.6 Å². The van der Waals surface area contributed by atoms with Gasteiger partial charge in [-0.2, -0.15) is 0 Å². The molecule has 0 aromatic heterocycles. The number of ether oxygens (including phenoxy) is 1. The Morgan fingerprint density at radius 2 is 2.05 bits per heavy atom. The maximum Gasteiger partial charge on any atom is 0.150 e. The lowest BCUT2D eigenvalue weighted by atomic mass is 9.79. The van der Waals surface area contributed by atoms with Gasteiger partial charge in [-0.25, -0.2) is 8.42 Å². The van der Waals surface area contributed by atoms with Crippen LogP contribution in [-0.4, -0.2) is 38.7 Å². The van der Waals surface area contributed by atoms with Gasteiger partial charge in [0.2, 0.25) is 0 Å². The molecule has 1 saturated carbocycles. The molecule has 6 heteroatoms. The second-order valence-corrected chi connectivity index (χ2v) is 8.50. The fourth-order valence-electron chi connectivity index (χ4n) is 3.57. The number of hydrogen-bond acceptors (Lipinski definition) is 5. The van der Waals surface area contributed by atoms with E-state index in [0.717, 1.165) is 32.3 Å². The predicted octanol–water partition coefficient (Wildman–Crippen LogP) is 0.847. The molecule has 0 spiro atoms. The highest BCUT2D eigenvalue weighted by Gasteiger charge is 2.39. The Bertz CT molecular complexity index is 399. The fourth-order valence-corrected chi connectivity index (χ4v) is 4.76. The van der Waals surface area contributed by atoms with Crippen LogP contribution >= 0.6 is 0 Å². The Morgan fingerprint density at radius 3 is 2.58 bits per heavy atom. The van der Waals surface area contributed by atoms with E-state index < -0.39 is 9.84 Å². The topological polar surface area (TPSA) is 81.4 Å². The van der Waals surface area contributed by atoms with Crippen molar-refractivity contribution in [2.24, 2.45) is 17.7 Å². The lowest BCUT2D eigenvalue weighted by molar-refractivity contribution is 0.0336. The summed E-state index contributed by atoms with van der Waals surface area (Å²) in [6.07, 6.45) is 6.02. The van der Waals surface area contributed by atoms with E-state index in [9.17, 15) is 8.42 Å². The minimum atomic E-state index is -2.95. The smallest absolute Gasteiger partial charge is 0.150 e. The predicted molar refractivity (Wildman–Crippen MR) is 75.2 cm³/mol. The minimum absolute atomic E-state index is 0.0713. The summed E-state index contributed by atoms with van der Waals surface area (Å²) in [5.74, 6) is 6.50. The van der Waals surface area contributed by atoms with E-state index in [0.29, 0.717) is 18.3 Å². The van der Waals surface area contributed by atoms with E-state index in [4.69, 9.17) is 10.6 Å². The number of rotatable bonds is 4. The SMILES string of the molecule is CC1CCOC1C(NN)C1CCCC(S(C)(=O)=O)C1. The molecule has 19 heavy (non-hydrogen) atoms. The van der Waals surface area contributed by atoms with Gasteiger partial charge in [0.1, 0.15) is 9.84 Å². The lowest BCUT2D eigenvalue weighted by Gasteiger charge is -2.37. The van der Waals surface area contributed by atoms with E-state index in [1.807, 2.05) is 0 Å². The van der Waals surface area contributed by atoms with Crippen LogP contribution in [0.5, 0.6) is 0 Å². The largest absolute Gasteiger partial charge is 0.376 e. The van der Waals surface area contributed by atoms with Crippen LogP contribution < -0.4 is 11.3 Å². The van der Waals surface area contributed by atoms with Crippen molar-refractivity contribution < 1.29 is 13.2 Å². The van der Waals surface area contributed by atoms with Crippen molar-refractivity contribution >= 4 is 9.84 Å². The van der Waals surface area contributed by atoms with Gasteiger partial charge in [-0.15, -0.1) is 0 Å². The first-order valence-electron chi connectivity index (χ1n) is 7.20. The molecule has 2 fully saturated rings. The molecule has 1 aliphatic heterocycles. The van der Waals surface area contributed by atoms with Crippen molar-refractivity contribution in [1.82, 2.24) is 5.43 Å². The van der Waals surface area contributed by atoms with Crippen LogP contribution in [0.1, 0.15) is 39.0 Å². The molecule has 0 aromatic carbocycles. The first-order chi connectivity index (χ1) is 8.93. The highest BCUT2D eigenvalue weighted by atomic mass is 32.2. The van der Waals surface area contributed by atoms with Crippen LogP contribution in [0.25, 0.3) is 0 Å². The Labute approximate surface area is 116 Å². The molecule has 5 atom stereocenters. The Balaban J connectivity index is 2.06. The molecular formula is C13H26N2O3S. The van der Waals surface area contributed by atoms with Crippen LogP contribution in [0.4, 0.5) is 0 Å². The molecule has 2 aliphatic rings. The molecule has 2 rings (SSSR count). The van der Waals surface area contributed by atoms with Gasteiger partial charge in [0.15, 0.2) is 0 Å². The number of sulfone groups is 1. The van der Waals surface area contributed by atoms with Crippen molar-refractivity contribution in [3.05, 3.63) is 0 Å². The summed E-state index contributed by atoms with van der Waals surface area (Å²) in [6, 6.07) is 0.0713. The molecule has 0 bridgehead atoms. The summed E-state index contributed by atoms with van der Waals surface area (Å²) in [4.78, 5) is 0. The zero-order chi connectivity index (χ0) is 14.0. The van der Waals surface area contributed by atoms with Gasteiger partial charge in [0.05, 0.1) is 17.4 Å². The standard InChI is InChI=1S/C13H26N2O3S/c1-9-6-7-18-13(9)12(15-14)10-4-3-5-11(8-10)19(2,16)17/h9-13,15H,3-8,14H2,1-2H3. The molecule has 112 valence electrons. The zero-order valence-corrected chi connectivity index (χ0v) is 12.7. The second-order valence-electron chi connectivity index (χ2n) is 6.17. The highest BCUT2D eigenvalue weighted by molar-refractivity contribution is 7.91. The van der Waals surface area contributed by atoms with E-state index in [2.05, 4.69) is 12.3 Å². The normalized spacial score (nSPS) is 38.3. The van der Waals surface area contributed by atoms with Gasteiger partial charge in [0.25, 0.3) is 0 Å². The first kappa shape index (κ1) is 15.2. The monoisotopic (exact) mass is 290 g/mol. The zero-order valence-electron chi connectivity index (χ0n) is 11.8. The summed E-state index contributed by atoms with van der Waals surface area (Å²) in [6.45, 7) is 2.96. The average Bonchev–Trinajstić information content (AvgIpc) is 2.76. The van der Waals surface area contributed by atoms with Crippen LogP contribution in [0.3, 0.4) is 0 Å². The van der Waals surface area contributed by atoms with Crippen molar-refractivity contribution in [2.75, 3.05) is 12.9 Å². The van der Waals surface area contributed by atoms with Crippen molar-refractivity contribution in [1.29, 1.82) is 0 Å². The number of nitrogens with two attached hydrogens (primary N) is 1. The van der Waals surface area contributed by atoms with Crippen LogP contribution in [0.2, 0.25) is 0 Å². The maximum atomic E-state index is 11.7. The summed E-state index contributed by atoms with van der Waals surface area (Å²) in [7, 11) is -2.95. The Morgan fingerprint density at radius 1 is 1.32 bits per heavy atom.